The summed E-state index contributed by atoms with van der Waals surface area (Å²) in [6, 6.07) is 12.1. The average molecular weight is 459 g/mol. The highest BCUT2D eigenvalue weighted by Crippen LogP contribution is 2.36. The summed E-state index contributed by atoms with van der Waals surface area (Å²) in [7, 11) is 0. The number of alkyl halides is 3. The molecule has 0 bridgehead atoms. The third-order valence-electron chi connectivity index (χ3n) is 3.34. The van der Waals surface area contributed by atoms with Crippen molar-refractivity contribution in [2.45, 2.75) is 12.7 Å². The molecule has 0 atom stereocenters. The second kappa shape index (κ2) is 8.93. The molecule has 2 aromatic carbocycles. The Balaban J connectivity index is 2.08. The first-order valence-electron chi connectivity index (χ1n) is 7.47. The summed E-state index contributed by atoms with van der Waals surface area (Å²) >= 11 is 8.87. The Bertz CT molecular complexity index is 923. The molecule has 4 nitrogen and oxygen atoms in total. The second-order valence-corrected chi connectivity index (χ2v) is 6.65. The summed E-state index contributed by atoms with van der Waals surface area (Å²) in [4.78, 5) is 12.1. The first-order chi connectivity index (χ1) is 12.7. The summed E-state index contributed by atoms with van der Waals surface area (Å²) < 4.78 is 39.5. The van der Waals surface area contributed by atoms with Gasteiger partial charge >= 0.3 is 6.18 Å². The zero-order valence-electron chi connectivity index (χ0n) is 13.6. The predicted molar refractivity (Wildman–Crippen MR) is 99.8 cm³/mol. The van der Waals surface area contributed by atoms with E-state index >= 15 is 0 Å². The number of amides is 1. The highest BCUT2D eigenvalue weighted by molar-refractivity contribution is 9.10. The lowest BCUT2D eigenvalue weighted by Gasteiger charge is -2.11. The van der Waals surface area contributed by atoms with Crippen molar-refractivity contribution in [1.82, 2.24) is 5.32 Å². The molecule has 2 N–H and O–H groups in total. The van der Waals surface area contributed by atoms with Crippen LogP contribution in [0.2, 0.25) is 5.02 Å². The number of benzene rings is 2. The van der Waals surface area contributed by atoms with Crippen LogP contribution in [-0.4, -0.2) is 5.91 Å². The lowest BCUT2D eigenvalue weighted by molar-refractivity contribution is -0.137. The average Bonchev–Trinajstić information content (AvgIpc) is 2.59. The molecule has 1 amide bonds. The SMILES string of the molecule is N#C/C(=C/NCc1cccc(Br)c1)C(=O)Nc1ccc(Cl)c(C(F)(F)F)c1. The Kier molecular flexibility index (Phi) is 6.88. The van der Waals surface area contributed by atoms with E-state index in [9.17, 15) is 18.0 Å². The molecule has 0 aromatic heterocycles. The Hall–Kier alpha value is -2.50. The number of anilines is 1. The van der Waals surface area contributed by atoms with Gasteiger partial charge in [0.1, 0.15) is 11.6 Å². The molecule has 2 rings (SSSR count). The minimum absolute atomic E-state index is 0.120. The molecule has 140 valence electrons. The van der Waals surface area contributed by atoms with Gasteiger partial charge in [-0.2, -0.15) is 18.4 Å². The topological polar surface area (TPSA) is 64.9 Å². The van der Waals surface area contributed by atoms with E-state index in [2.05, 4.69) is 26.6 Å². The number of hydrogen-bond acceptors (Lipinski definition) is 3. The lowest BCUT2D eigenvalue weighted by atomic mass is 10.2. The van der Waals surface area contributed by atoms with Crippen LogP contribution < -0.4 is 10.6 Å². The van der Waals surface area contributed by atoms with Gasteiger partial charge in [0.2, 0.25) is 0 Å². The predicted octanol–water partition coefficient (Wildman–Crippen LogP) is 5.26. The zero-order chi connectivity index (χ0) is 20.0. The van der Waals surface area contributed by atoms with E-state index in [4.69, 9.17) is 16.9 Å². The number of nitrogens with one attached hydrogen (secondary N) is 2. The van der Waals surface area contributed by atoms with Gasteiger partial charge in [-0.15, -0.1) is 0 Å². The summed E-state index contributed by atoms with van der Waals surface area (Å²) in [5.74, 6) is -0.838. The first kappa shape index (κ1) is 20.8. The minimum atomic E-state index is -4.66. The molecule has 0 spiro atoms. The zero-order valence-corrected chi connectivity index (χ0v) is 15.9. The van der Waals surface area contributed by atoms with Crippen molar-refractivity contribution in [2.24, 2.45) is 0 Å². The van der Waals surface area contributed by atoms with Crippen LogP contribution in [0.4, 0.5) is 18.9 Å². The Morgan fingerprint density at radius 1 is 1.26 bits per heavy atom. The fraction of sp³-hybridized carbons (Fsp3) is 0.111. The van der Waals surface area contributed by atoms with Crippen LogP contribution in [0.1, 0.15) is 11.1 Å². The fourth-order valence-electron chi connectivity index (χ4n) is 2.09. The molecular weight excluding hydrogens is 447 g/mol. The molecule has 27 heavy (non-hydrogen) atoms. The molecule has 0 unspecified atom stereocenters. The number of carbonyl (C=O) groups excluding carboxylic acids is 1. The number of nitriles is 1. The van der Waals surface area contributed by atoms with Crippen molar-refractivity contribution in [1.29, 1.82) is 5.26 Å². The van der Waals surface area contributed by atoms with Crippen LogP contribution in [-0.2, 0) is 17.5 Å². The van der Waals surface area contributed by atoms with Gasteiger partial charge in [-0.25, -0.2) is 0 Å². The summed E-state index contributed by atoms with van der Waals surface area (Å²) in [6.45, 7) is 0.358. The smallest absolute Gasteiger partial charge is 0.386 e. The highest BCUT2D eigenvalue weighted by atomic mass is 79.9. The number of hydrogen-bond donors (Lipinski definition) is 2. The number of carbonyl (C=O) groups is 1. The third-order valence-corrected chi connectivity index (χ3v) is 4.16. The van der Waals surface area contributed by atoms with E-state index in [1.54, 1.807) is 6.07 Å². The van der Waals surface area contributed by atoms with E-state index in [1.807, 2.05) is 24.3 Å². The van der Waals surface area contributed by atoms with Crippen molar-refractivity contribution in [3.05, 3.63) is 74.9 Å². The van der Waals surface area contributed by atoms with Crippen molar-refractivity contribution >= 4 is 39.1 Å². The standard InChI is InChI=1S/C18H12BrClF3N3O/c19-13-3-1-2-11(6-13)9-25-10-12(8-24)17(27)26-14-4-5-16(20)15(7-14)18(21,22)23/h1-7,10,25H,9H2,(H,26,27)/b12-10-. The molecule has 0 saturated heterocycles. The Morgan fingerprint density at radius 3 is 2.63 bits per heavy atom. The fourth-order valence-corrected chi connectivity index (χ4v) is 2.76. The summed E-state index contributed by atoms with van der Waals surface area (Å²) in [5, 5.41) is 13.7. The molecule has 0 heterocycles. The van der Waals surface area contributed by atoms with Gasteiger partial charge in [-0.3, -0.25) is 4.79 Å². The molecule has 0 saturated carbocycles. The number of rotatable bonds is 5. The Morgan fingerprint density at radius 2 is 2.00 bits per heavy atom. The molecule has 0 aliphatic rings. The Labute approximate surface area is 166 Å². The van der Waals surface area contributed by atoms with Gasteiger partial charge in [0.15, 0.2) is 0 Å². The van der Waals surface area contributed by atoms with E-state index in [0.29, 0.717) is 12.6 Å². The van der Waals surface area contributed by atoms with Gasteiger partial charge in [-0.1, -0.05) is 39.7 Å². The number of halogens is 5. The van der Waals surface area contributed by atoms with Gasteiger partial charge in [-0.05, 0) is 35.9 Å². The largest absolute Gasteiger partial charge is 0.417 e. The molecule has 0 aliphatic heterocycles. The van der Waals surface area contributed by atoms with Gasteiger partial charge in [0.25, 0.3) is 5.91 Å². The highest BCUT2D eigenvalue weighted by Gasteiger charge is 2.33. The van der Waals surface area contributed by atoms with E-state index in [-0.39, 0.29) is 11.3 Å². The quantitative estimate of drug-likeness (QED) is 0.475. The molecule has 0 aliphatic carbocycles. The maximum atomic E-state index is 12.9. The van der Waals surface area contributed by atoms with E-state index < -0.39 is 22.7 Å². The first-order valence-corrected chi connectivity index (χ1v) is 8.64. The molecule has 9 heteroatoms. The van der Waals surface area contributed by atoms with Crippen LogP contribution >= 0.6 is 27.5 Å². The summed E-state index contributed by atoms with van der Waals surface area (Å²) in [6.07, 6.45) is -3.45. The normalized spacial score (nSPS) is 11.6. The van der Waals surface area contributed by atoms with Crippen molar-refractivity contribution in [3.8, 4) is 6.07 Å². The van der Waals surface area contributed by atoms with Gasteiger partial charge in [0, 0.05) is 22.9 Å². The van der Waals surface area contributed by atoms with Crippen molar-refractivity contribution in [2.75, 3.05) is 5.32 Å². The maximum Gasteiger partial charge on any atom is 0.417 e. The van der Waals surface area contributed by atoms with E-state index in [1.165, 1.54) is 12.3 Å². The van der Waals surface area contributed by atoms with Crippen LogP contribution in [0, 0.1) is 11.3 Å². The molecular formula is C18H12BrClF3N3O. The van der Waals surface area contributed by atoms with Crippen LogP contribution in [0.25, 0.3) is 0 Å². The van der Waals surface area contributed by atoms with Gasteiger partial charge < -0.3 is 10.6 Å². The van der Waals surface area contributed by atoms with E-state index in [0.717, 1.165) is 16.1 Å². The maximum absolute atomic E-state index is 12.9. The number of nitrogens with zero attached hydrogens (tertiary/aromatic N) is 1. The monoisotopic (exact) mass is 457 g/mol. The minimum Gasteiger partial charge on any atom is -0.386 e. The van der Waals surface area contributed by atoms with Crippen LogP contribution in [0.5, 0.6) is 0 Å². The second-order valence-electron chi connectivity index (χ2n) is 5.33. The molecule has 0 radical (unpaired) electrons. The third kappa shape index (κ3) is 6.01. The molecule has 2 aromatic rings. The van der Waals surface area contributed by atoms with Gasteiger partial charge in [0.05, 0.1) is 10.6 Å². The van der Waals surface area contributed by atoms with Crippen molar-refractivity contribution < 1.29 is 18.0 Å². The summed E-state index contributed by atoms with van der Waals surface area (Å²) in [5.41, 5.74) is -0.568. The molecule has 0 fully saturated rings. The van der Waals surface area contributed by atoms with Crippen molar-refractivity contribution in [3.63, 3.8) is 0 Å². The lowest BCUT2D eigenvalue weighted by Crippen LogP contribution is -2.17. The van der Waals surface area contributed by atoms with Crippen LogP contribution in [0.3, 0.4) is 0 Å². The van der Waals surface area contributed by atoms with Crippen LogP contribution in [0.15, 0.2) is 58.7 Å².